The highest BCUT2D eigenvalue weighted by atomic mass is 32.2. The van der Waals surface area contributed by atoms with Crippen LogP contribution in [0.2, 0.25) is 0 Å². The molecule has 0 aromatic heterocycles. The number of methoxy groups -OCH3 is 1. The molecule has 9 heteroatoms. The van der Waals surface area contributed by atoms with Crippen molar-refractivity contribution in [3.8, 4) is 0 Å². The van der Waals surface area contributed by atoms with Gasteiger partial charge >= 0.3 is 5.97 Å². The summed E-state index contributed by atoms with van der Waals surface area (Å²) in [5.41, 5.74) is 0. The Morgan fingerprint density at radius 2 is 2.10 bits per heavy atom. The molecule has 1 rings (SSSR count). The molecule has 21 heavy (non-hydrogen) atoms. The van der Waals surface area contributed by atoms with Crippen LogP contribution in [0.3, 0.4) is 0 Å². The van der Waals surface area contributed by atoms with Gasteiger partial charge in [-0.25, -0.2) is 13.2 Å². The number of aliphatic carboxylic acids is 1. The number of piperidine rings is 1. The SMILES string of the molecule is COCCC(NC(=O)C1CCCCN1S(C)(=O)=O)C(=O)O. The van der Waals surface area contributed by atoms with Gasteiger partial charge in [0.05, 0.1) is 6.26 Å². The zero-order chi connectivity index (χ0) is 16.0. The molecule has 8 nitrogen and oxygen atoms in total. The Hall–Kier alpha value is -1.19. The summed E-state index contributed by atoms with van der Waals surface area (Å²) in [7, 11) is -2.05. The molecule has 1 aliphatic heterocycles. The lowest BCUT2D eigenvalue weighted by molar-refractivity contribution is -0.143. The molecule has 1 aliphatic rings. The van der Waals surface area contributed by atoms with Crippen LogP contribution in [0.4, 0.5) is 0 Å². The first kappa shape index (κ1) is 17.9. The Kier molecular flexibility index (Phi) is 6.56. The van der Waals surface area contributed by atoms with E-state index in [0.717, 1.165) is 17.0 Å². The Labute approximate surface area is 124 Å². The van der Waals surface area contributed by atoms with E-state index >= 15 is 0 Å². The van der Waals surface area contributed by atoms with Gasteiger partial charge in [0, 0.05) is 26.7 Å². The third-order valence-electron chi connectivity index (χ3n) is 3.41. The van der Waals surface area contributed by atoms with E-state index in [9.17, 15) is 18.0 Å². The highest BCUT2D eigenvalue weighted by Gasteiger charge is 2.35. The van der Waals surface area contributed by atoms with Gasteiger partial charge in [-0.15, -0.1) is 0 Å². The maximum absolute atomic E-state index is 12.2. The van der Waals surface area contributed by atoms with Crippen molar-refractivity contribution in [3.05, 3.63) is 0 Å². The van der Waals surface area contributed by atoms with Gasteiger partial charge in [-0.05, 0) is 12.8 Å². The zero-order valence-corrected chi connectivity index (χ0v) is 13.1. The van der Waals surface area contributed by atoms with E-state index in [1.165, 1.54) is 7.11 Å². The molecule has 2 atom stereocenters. The van der Waals surface area contributed by atoms with E-state index in [1.807, 2.05) is 0 Å². The van der Waals surface area contributed by atoms with Crippen LogP contribution in [0, 0.1) is 0 Å². The van der Waals surface area contributed by atoms with Crippen LogP contribution in [0.5, 0.6) is 0 Å². The maximum atomic E-state index is 12.2. The Morgan fingerprint density at radius 3 is 2.62 bits per heavy atom. The standard InChI is InChI=1S/C12H22N2O6S/c1-20-8-6-9(12(16)17)13-11(15)10-5-3-4-7-14(10)21(2,18)19/h9-10H,3-8H2,1-2H3,(H,13,15)(H,16,17). The summed E-state index contributed by atoms with van der Waals surface area (Å²) >= 11 is 0. The fourth-order valence-corrected chi connectivity index (χ4v) is 3.45. The lowest BCUT2D eigenvalue weighted by atomic mass is 10.0. The number of sulfonamides is 1. The molecule has 1 fully saturated rings. The minimum Gasteiger partial charge on any atom is -0.480 e. The second-order valence-corrected chi connectivity index (χ2v) is 7.00. The number of nitrogens with zero attached hydrogens (tertiary/aromatic N) is 1. The summed E-state index contributed by atoms with van der Waals surface area (Å²) in [6.45, 7) is 0.477. The molecule has 1 amide bonds. The molecule has 0 spiro atoms. The van der Waals surface area contributed by atoms with Crippen molar-refractivity contribution in [2.75, 3.05) is 26.5 Å². The Balaban J connectivity index is 2.77. The molecule has 0 aromatic rings. The molecule has 0 radical (unpaired) electrons. The number of hydrogen-bond acceptors (Lipinski definition) is 5. The number of nitrogens with one attached hydrogen (secondary N) is 1. The maximum Gasteiger partial charge on any atom is 0.326 e. The van der Waals surface area contributed by atoms with E-state index in [-0.39, 0.29) is 19.6 Å². The Bertz CT molecular complexity index is 478. The van der Waals surface area contributed by atoms with Crippen molar-refractivity contribution >= 4 is 21.9 Å². The first-order valence-electron chi connectivity index (χ1n) is 6.76. The highest BCUT2D eigenvalue weighted by molar-refractivity contribution is 7.88. The molecule has 0 aromatic carbocycles. The van der Waals surface area contributed by atoms with Gasteiger partial charge in [0.15, 0.2) is 0 Å². The minimum absolute atomic E-state index is 0.128. The van der Waals surface area contributed by atoms with Crippen molar-refractivity contribution < 1.29 is 27.9 Å². The first-order valence-corrected chi connectivity index (χ1v) is 8.61. The topological polar surface area (TPSA) is 113 Å². The molecular weight excluding hydrogens is 300 g/mol. The summed E-state index contributed by atoms with van der Waals surface area (Å²) < 4.78 is 29.3. The van der Waals surface area contributed by atoms with E-state index in [2.05, 4.69) is 5.32 Å². The largest absolute Gasteiger partial charge is 0.480 e. The number of rotatable bonds is 7. The van der Waals surface area contributed by atoms with Crippen LogP contribution in [0.15, 0.2) is 0 Å². The van der Waals surface area contributed by atoms with Crippen LogP contribution in [0.25, 0.3) is 0 Å². The lowest BCUT2D eigenvalue weighted by Crippen LogP contribution is -2.54. The molecule has 2 N–H and O–H groups in total. The number of carboxylic acids is 1. The van der Waals surface area contributed by atoms with Crippen LogP contribution in [-0.2, 0) is 24.3 Å². The molecule has 0 aliphatic carbocycles. The number of ether oxygens (including phenoxy) is 1. The zero-order valence-electron chi connectivity index (χ0n) is 12.2. The lowest BCUT2D eigenvalue weighted by Gasteiger charge is -2.33. The first-order chi connectivity index (χ1) is 9.77. The monoisotopic (exact) mass is 322 g/mol. The van der Waals surface area contributed by atoms with Crippen molar-refractivity contribution in [1.82, 2.24) is 9.62 Å². The van der Waals surface area contributed by atoms with Crippen LogP contribution in [0.1, 0.15) is 25.7 Å². The number of carboxylic acid groups (broad SMARTS) is 1. The summed E-state index contributed by atoms with van der Waals surface area (Å²) in [5.74, 6) is -1.73. The second kappa shape index (κ2) is 7.71. The predicted octanol–water partition coefficient (Wildman–Crippen LogP) is -0.594. The average Bonchev–Trinajstić information content (AvgIpc) is 2.42. The Morgan fingerprint density at radius 1 is 1.43 bits per heavy atom. The molecule has 1 saturated heterocycles. The summed E-state index contributed by atoms with van der Waals surface area (Å²) in [6, 6.07) is -1.92. The van der Waals surface area contributed by atoms with Crippen molar-refractivity contribution in [1.29, 1.82) is 0 Å². The average molecular weight is 322 g/mol. The van der Waals surface area contributed by atoms with E-state index in [1.54, 1.807) is 0 Å². The number of hydrogen-bond donors (Lipinski definition) is 2. The number of carbonyl (C=O) groups excluding carboxylic acids is 1. The summed E-state index contributed by atoms with van der Waals surface area (Å²) in [4.78, 5) is 23.3. The van der Waals surface area contributed by atoms with Crippen LogP contribution in [-0.4, -0.2) is 68.3 Å². The second-order valence-electron chi connectivity index (χ2n) is 5.07. The molecule has 2 unspecified atom stereocenters. The summed E-state index contributed by atoms with van der Waals surface area (Å²) in [6.07, 6.45) is 3.01. The van der Waals surface area contributed by atoms with Gasteiger partial charge < -0.3 is 15.2 Å². The van der Waals surface area contributed by atoms with Gasteiger partial charge in [-0.3, -0.25) is 4.79 Å². The number of amides is 1. The molecule has 0 bridgehead atoms. The third kappa shape index (κ3) is 5.25. The number of carbonyl (C=O) groups is 2. The quantitative estimate of drug-likeness (QED) is 0.647. The highest BCUT2D eigenvalue weighted by Crippen LogP contribution is 2.20. The van der Waals surface area contributed by atoms with Crippen molar-refractivity contribution in [2.24, 2.45) is 0 Å². The molecule has 0 saturated carbocycles. The predicted molar refractivity (Wildman–Crippen MR) is 75.2 cm³/mol. The van der Waals surface area contributed by atoms with E-state index in [0.29, 0.717) is 12.8 Å². The smallest absolute Gasteiger partial charge is 0.326 e. The minimum atomic E-state index is -3.49. The molecular formula is C12H22N2O6S. The van der Waals surface area contributed by atoms with E-state index in [4.69, 9.17) is 9.84 Å². The third-order valence-corrected chi connectivity index (χ3v) is 4.70. The van der Waals surface area contributed by atoms with Gasteiger partial charge in [-0.2, -0.15) is 4.31 Å². The van der Waals surface area contributed by atoms with Gasteiger partial charge in [0.25, 0.3) is 0 Å². The van der Waals surface area contributed by atoms with Gasteiger partial charge in [0.1, 0.15) is 12.1 Å². The van der Waals surface area contributed by atoms with Crippen LogP contribution >= 0.6 is 0 Å². The molecule has 122 valence electrons. The van der Waals surface area contributed by atoms with E-state index < -0.39 is 34.0 Å². The summed E-state index contributed by atoms with van der Waals surface area (Å²) in [5, 5.41) is 11.5. The van der Waals surface area contributed by atoms with Crippen LogP contribution < -0.4 is 5.32 Å². The van der Waals surface area contributed by atoms with Gasteiger partial charge in [-0.1, -0.05) is 6.42 Å². The van der Waals surface area contributed by atoms with Crippen molar-refractivity contribution in [2.45, 2.75) is 37.8 Å². The molecule has 1 heterocycles. The van der Waals surface area contributed by atoms with Gasteiger partial charge in [0.2, 0.25) is 15.9 Å². The van der Waals surface area contributed by atoms with Crippen molar-refractivity contribution in [3.63, 3.8) is 0 Å². The normalized spacial score (nSPS) is 21.7. The fourth-order valence-electron chi connectivity index (χ4n) is 2.32. The fraction of sp³-hybridized carbons (Fsp3) is 0.833.